The van der Waals surface area contributed by atoms with Crippen molar-refractivity contribution in [3.8, 4) is 0 Å². The lowest BCUT2D eigenvalue weighted by Crippen LogP contribution is -2.40. The van der Waals surface area contributed by atoms with Gasteiger partial charge in [0, 0.05) is 5.54 Å². The summed E-state index contributed by atoms with van der Waals surface area (Å²) in [6, 6.07) is 18.0. The molecule has 0 aromatic heterocycles. The molecule has 2 aliphatic rings. The average Bonchev–Trinajstić information content (AvgIpc) is 3.14. The maximum absolute atomic E-state index is 9.54. The van der Waals surface area contributed by atoms with Gasteiger partial charge >= 0.3 is 0 Å². The van der Waals surface area contributed by atoms with E-state index >= 15 is 0 Å². The minimum atomic E-state index is -0.358. The van der Waals surface area contributed by atoms with Crippen molar-refractivity contribution < 1.29 is 5.11 Å². The Morgan fingerprint density at radius 3 is 2.71 bits per heavy atom. The van der Waals surface area contributed by atoms with Crippen LogP contribution in [0.5, 0.6) is 0 Å². The molecule has 2 aliphatic carbocycles. The molecule has 1 fully saturated rings. The first-order valence-electron chi connectivity index (χ1n) is 10.8. The van der Waals surface area contributed by atoms with Crippen LogP contribution in [0.15, 0.2) is 48.5 Å². The van der Waals surface area contributed by atoms with E-state index in [0.717, 1.165) is 25.2 Å². The normalized spacial score (nSPS) is 26.9. The van der Waals surface area contributed by atoms with E-state index in [9.17, 15) is 5.11 Å². The number of fused-ring (bicyclic) bond motifs is 1. The fourth-order valence-electron chi connectivity index (χ4n) is 4.92. The van der Waals surface area contributed by atoms with E-state index in [2.05, 4.69) is 60.3 Å². The van der Waals surface area contributed by atoms with Gasteiger partial charge in [-0.05, 0) is 90.5 Å². The Kier molecular flexibility index (Phi) is 6.45. The zero-order valence-electron chi connectivity index (χ0n) is 16.8. The molecule has 0 radical (unpaired) electrons. The smallest absolute Gasteiger partial charge is 0.0611 e. The predicted molar refractivity (Wildman–Crippen MR) is 120 cm³/mol. The van der Waals surface area contributed by atoms with E-state index in [4.69, 9.17) is 5.73 Å². The molecule has 4 rings (SSSR count). The summed E-state index contributed by atoms with van der Waals surface area (Å²) in [7, 11) is 0. The summed E-state index contributed by atoms with van der Waals surface area (Å²) in [6.07, 6.45) is 7.91. The molecule has 2 nitrogen and oxygen atoms in total. The van der Waals surface area contributed by atoms with E-state index < -0.39 is 0 Å². The lowest BCUT2D eigenvalue weighted by atomic mass is 9.82. The van der Waals surface area contributed by atoms with E-state index in [1.54, 1.807) is 11.1 Å². The maximum Gasteiger partial charge on any atom is 0.0611 e. The van der Waals surface area contributed by atoms with Gasteiger partial charge in [0.2, 0.25) is 0 Å². The van der Waals surface area contributed by atoms with Gasteiger partial charge in [-0.25, -0.2) is 0 Å². The molecule has 3 heteroatoms. The number of aliphatic hydroxyl groups excluding tert-OH is 1. The molecular formula is C25H33NOS. The molecule has 0 heterocycles. The lowest BCUT2D eigenvalue weighted by molar-refractivity contribution is 0.198. The van der Waals surface area contributed by atoms with Gasteiger partial charge in [-0.3, -0.25) is 0 Å². The summed E-state index contributed by atoms with van der Waals surface area (Å²) < 4.78 is 0. The van der Waals surface area contributed by atoms with E-state index in [1.165, 1.54) is 48.3 Å². The molecule has 0 spiro atoms. The van der Waals surface area contributed by atoms with Gasteiger partial charge in [-0.15, -0.1) is 0 Å². The van der Waals surface area contributed by atoms with Crippen molar-refractivity contribution in [1.82, 2.24) is 0 Å². The Morgan fingerprint density at radius 2 is 1.93 bits per heavy atom. The van der Waals surface area contributed by atoms with Crippen LogP contribution in [0.25, 0.3) is 0 Å². The van der Waals surface area contributed by atoms with E-state index in [1.807, 2.05) is 0 Å². The number of aliphatic hydroxyl groups is 1. The van der Waals surface area contributed by atoms with Gasteiger partial charge in [0.1, 0.15) is 0 Å². The Balaban J connectivity index is 1.27. The summed E-state index contributed by atoms with van der Waals surface area (Å²) in [4.78, 5) is 0. The van der Waals surface area contributed by atoms with Crippen LogP contribution in [0.3, 0.4) is 0 Å². The summed E-state index contributed by atoms with van der Waals surface area (Å²) in [5, 5.41) is 9.54. The van der Waals surface area contributed by atoms with Gasteiger partial charge in [0.15, 0.2) is 0 Å². The summed E-state index contributed by atoms with van der Waals surface area (Å²) in [6.45, 7) is 0.109. The van der Waals surface area contributed by atoms with Crippen LogP contribution in [-0.4, -0.2) is 28.8 Å². The minimum Gasteiger partial charge on any atom is -0.394 e. The van der Waals surface area contributed by atoms with Crippen LogP contribution in [0.4, 0.5) is 0 Å². The molecule has 0 bridgehead atoms. The number of hydrogen-bond donors (Lipinski definition) is 2. The summed E-state index contributed by atoms with van der Waals surface area (Å²) in [5.74, 6) is 3.84. The second-order valence-electron chi connectivity index (χ2n) is 8.91. The third kappa shape index (κ3) is 4.82. The SMILES string of the molecule is N[C@]1(CO)CC[C@H](c2ccc3c(c2)CC[C@H](CSCCc2ccccc2)C3)C1. The number of hydrogen-bond acceptors (Lipinski definition) is 3. The van der Waals surface area contributed by atoms with Gasteiger partial charge in [-0.1, -0.05) is 48.5 Å². The van der Waals surface area contributed by atoms with Crippen molar-refractivity contribution in [3.63, 3.8) is 0 Å². The highest BCUT2D eigenvalue weighted by Crippen LogP contribution is 2.40. The van der Waals surface area contributed by atoms with Crippen LogP contribution >= 0.6 is 11.8 Å². The zero-order chi connectivity index (χ0) is 19.4. The van der Waals surface area contributed by atoms with Gasteiger partial charge in [-0.2, -0.15) is 11.8 Å². The molecule has 28 heavy (non-hydrogen) atoms. The molecule has 0 saturated heterocycles. The summed E-state index contributed by atoms with van der Waals surface area (Å²) in [5.41, 5.74) is 11.9. The molecule has 3 N–H and O–H groups in total. The first-order valence-corrected chi connectivity index (χ1v) is 11.9. The number of thioether (sulfide) groups is 1. The number of benzene rings is 2. The topological polar surface area (TPSA) is 46.2 Å². The van der Waals surface area contributed by atoms with Crippen molar-refractivity contribution >= 4 is 11.8 Å². The van der Waals surface area contributed by atoms with Gasteiger partial charge < -0.3 is 10.8 Å². The number of nitrogens with two attached hydrogens (primary N) is 1. The average molecular weight is 396 g/mol. The second kappa shape index (κ2) is 9.02. The third-order valence-electron chi connectivity index (χ3n) is 6.72. The van der Waals surface area contributed by atoms with Crippen LogP contribution < -0.4 is 5.73 Å². The molecule has 2 aromatic carbocycles. The largest absolute Gasteiger partial charge is 0.394 e. The quantitative estimate of drug-likeness (QED) is 0.667. The highest BCUT2D eigenvalue weighted by molar-refractivity contribution is 7.99. The Labute approximate surface area is 173 Å². The first kappa shape index (κ1) is 20.0. The lowest BCUT2D eigenvalue weighted by Gasteiger charge is -2.26. The Hall–Kier alpha value is -1.29. The van der Waals surface area contributed by atoms with Crippen molar-refractivity contribution in [2.75, 3.05) is 18.1 Å². The molecule has 0 unspecified atom stereocenters. The Bertz CT molecular complexity index is 777. The standard InChI is InChI=1S/C25H33NOS/c26-25(18-27)12-10-24(16-25)23-9-8-21-14-20(6-7-22(21)15-23)17-28-13-11-19-4-2-1-3-5-19/h1-5,8-9,15,20,24,27H,6-7,10-14,16-18,26H2/t20-,24-,25+/m0/s1. The monoisotopic (exact) mass is 395 g/mol. The maximum atomic E-state index is 9.54. The third-order valence-corrected chi connectivity index (χ3v) is 7.92. The first-order chi connectivity index (χ1) is 13.6. The molecule has 3 atom stereocenters. The van der Waals surface area contributed by atoms with E-state index in [0.29, 0.717) is 5.92 Å². The van der Waals surface area contributed by atoms with Crippen LogP contribution in [-0.2, 0) is 19.3 Å². The van der Waals surface area contributed by atoms with Crippen molar-refractivity contribution in [3.05, 3.63) is 70.8 Å². The number of aryl methyl sites for hydroxylation is 2. The predicted octanol–water partition coefficient (Wildman–Crippen LogP) is 4.72. The van der Waals surface area contributed by atoms with Crippen molar-refractivity contribution in [1.29, 1.82) is 0 Å². The molecule has 150 valence electrons. The van der Waals surface area contributed by atoms with Gasteiger partial charge in [0.05, 0.1) is 6.61 Å². The minimum absolute atomic E-state index is 0.109. The number of rotatable bonds is 7. The fourth-order valence-corrected chi connectivity index (χ4v) is 6.08. The highest BCUT2D eigenvalue weighted by atomic mass is 32.2. The van der Waals surface area contributed by atoms with Crippen molar-refractivity contribution in [2.24, 2.45) is 11.7 Å². The van der Waals surface area contributed by atoms with Crippen LogP contribution in [0, 0.1) is 5.92 Å². The Morgan fingerprint density at radius 1 is 1.07 bits per heavy atom. The highest BCUT2D eigenvalue weighted by Gasteiger charge is 2.36. The molecular weight excluding hydrogens is 362 g/mol. The van der Waals surface area contributed by atoms with Crippen LogP contribution in [0.1, 0.15) is 53.9 Å². The second-order valence-corrected chi connectivity index (χ2v) is 10.1. The molecule has 0 amide bonds. The molecule has 2 aromatic rings. The summed E-state index contributed by atoms with van der Waals surface area (Å²) >= 11 is 2.12. The van der Waals surface area contributed by atoms with E-state index in [-0.39, 0.29) is 12.1 Å². The van der Waals surface area contributed by atoms with Crippen molar-refractivity contribution in [2.45, 2.75) is 56.4 Å². The molecule has 0 aliphatic heterocycles. The van der Waals surface area contributed by atoms with Crippen LogP contribution in [0.2, 0.25) is 0 Å². The zero-order valence-corrected chi connectivity index (χ0v) is 17.6. The van der Waals surface area contributed by atoms with Gasteiger partial charge in [0.25, 0.3) is 0 Å². The molecule has 1 saturated carbocycles. The fraction of sp³-hybridized carbons (Fsp3) is 0.520.